The lowest BCUT2D eigenvalue weighted by Gasteiger charge is -2.14. The minimum atomic E-state index is -0.303. The van der Waals surface area contributed by atoms with Gasteiger partial charge in [-0.05, 0) is 37.1 Å². The highest BCUT2D eigenvalue weighted by molar-refractivity contribution is 6.07. The Morgan fingerprint density at radius 1 is 1.47 bits per heavy atom. The third kappa shape index (κ3) is 2.98. The van der Waals surface area contributed by atoms with Gasteiger partial charge in [0.2, 0.25) is 0 Å². The van der Waals surface area contributed by atoms with Crippen LogP contribution in [0.4, 0.5) is 4.39 Å². The third-order valence-corrected chi connectivity index (χ3v) is 3.24. The van der Waals surface area contributed by atoms with Crippen molar-refractivity contribution < 1.29 is 9.18 Å². The summed E-state index contributed by atoms with van der Waals surface area (Å²) in [5.41, 5.74) is 7.13. The molecule has 1 atom stereocenters. The van der Waals surface area contributed by atoms with E-state index in [4.69, 9.17) is 5.73 Å². The Bertz CT molecular complexity index is 501. The van der Waals surface area contributed by atoms with Gasteiger partial charge >= 0.3 is 0 Å². The van der Waals surface area contributed by atoms with Crippen molar-refractivity contribution >= 4 is 11.6 Å². The van der Waals surface area contributed by atoms with Crippen molar-refractivity contribution in [3.8, 4) is 0 Å². The van der Waals surface area contributed by atoms with Gasteiger partial charge in [-0.25, -0.2) is 9.40 Å². The molecule has 102 valence electrons. The molecule has 1 aromatic carbocycles. The van der Waals surface area contributed by atoms with Crippen LogP contribution in [-0.2, 0) is 11.3 Å². The van der Waals surface area contributed by atoms with Gasteiger partial charge in [0.25, 0.3) is 5.91 Å². The molecule has 1 aliphatic heterocycles. The number of rotatable bonds is 5. The number of hydrazone groups is 1. The van der Waals surface area contributed by atoms with E-state index in [-0.39, 0.29) is 17.6 Å². The van der Waals surface area contributed by atoms with E-state index in [1.54, 1.807) is 12.1 Å². The summed E-state index contributed by atoms with van der Waals surface area (Å²) in [6.07, 6.45) is 1.35. The molecule has 0 radical (unpaired) electrons. The fourth-order valence-corrected chi connectivity index (χ4v) is 2.29. The lowest BCUT2D eigenvalue weighted by Crippen LogP contribution is -2.28. The summed E-state index contributed by atoms with van der Waals surface area (Å²) in [6.45, 7) is 2.74. The number of benzene rings is 1. The van der Waals surface area contributed by atoms with Crippen LogP contribution >= 0.6 is 0 Å². The average molecular weight is 263 g/mol. The largest absolute Gasteiger partial charge is 0.330 e. The standard InChI is InChI=1S/C14H18FN3O/c1-2-13-12(6-7-16)14(19)18(17-13)9-10-4-3-5-11(15)8-10/h3-5,8,12H,2,6-7,9,16H2,1H3. The SMILES string of the molecule is CCC1=NN(Cc2cccc(F)c2)C(=O)C1CCN. The summed E-state index contributed by atoms with van der Waals surface area (Å²) in [6, 6.07) is 6.22. The van der Waals surface area contributed by atoms with Crippen molar-refractivity contribution in [2.75, 3.05) is 6.54 Å². The van der Waals surface area contributed by atoms with E-state index in [1.807, 2.05) is 6.92 Å². The number of hydrogen-bond donors (Lipinski definition) is 1. The Morgan fingerprint density at radius 3 is 2.89 bits per heavy atom. The zero-order valence-corrected chi connectivity index (χ0v) is 11.0. The molecule has 0 fully saturated rings. The Balaban J connectivity index is 2.13. The van der Waals surface area contributed by atoms with Crippen LogP contribution in [0.15, 0.2) is 29.4 Å². The van der Waals surface area contributed by atoms with Crippen molar-refractivity contribution in [2.24, 2.45) is 16.8 Å². The van der Waals surface area contributed by atoms with E-state index in [0.717, 1.165) is 17.7 Å². The van der Waals surface area contributed by atoms with Gasteiger partial charge in [0.15, 0.2) is 0 Å². The molecule has 1 aliphatic rings. The maximum absolute atomic E-state index is 13.1. The zero-order valence-electron chi connectivity index (χ0n) is 11.0. The molecule has 1 aromatic rings. The molecule has 5 heteroatoms. The second kappa shape index (κ2) is 5.93. The van der Waals surface area contributed by atoms with Gasteiger partial charge in [-0.3, -0.25) is 4.79 Å². The predicted octanol–water partition coefficient (Wildman–Crippen LogP) is 1.90. The van der Waals surface area contributed by atoms with Gasteiger partial charge in [0, 0.05) is 0 Å². The topological polar surface area (TPSA) is 58.7 Å². The molecular weight excluding hydrogens is 245 g/mol. The number of hydrogen-bond acceptors (Lipinski definition) is 3. The molecule has 1 amide bonds. The van der Waals surface area contributed by atoms with Gasteiger partial charge in [0.1, 0.15) is 5.82 Å². The molecule has 0 aromatic heterocycles. The molecule has 1 unspecified atom stereocenters. The van der Waals surface area contributed by atoms with Gasteiger partial charge in [-0.15, -0.1) is 0 Å². The lowest BCUT2D eigenvalue weighted by atomic mass is 9.98. The predicted molar refractivity (Wildman–Crippen MR) is 71.8 cm³/mol. The first-order valence-corrected chi connectivity index (χ1v) is 6.49. The molecule has 2 rings (SSSR count). The Morgan fingerprint density at radius 2 is 2.26 bits per heavy atom. The van der Waals surface area contributed by atoms with E-state index < -0.39 is 0 Å². The van der Waals surface area contributed by atoms with Crippen molar-refractivity contribution in [3.63, 3.8) is 0 Å². The molecule has 1 heterocycles. The maximum atomic E-state index is 13.1. The van der Waals surface area contributed by atoms with Gasteiger partial charge in [0.05, 0.1) is 18.2 Å². The van der Waals surface area contributed by atoms with Gasteiger partial charge in [-0.2, -0.15) is 5.10 Å². The van der Waals surface area contributed by atoms with Crippen LogP contribution in [-0.4, -0.2) is 23.2 Å². The van der Waals surface area contributed by atoms with Crippen LogP contribution in [0, 0.1) is 11.7 Å². The average Bonchev–Trinajstić information content (AvgIpc) is 2.68. The first kappa shape index (κ1) is 13.7. The van der Waals surface area contributed by atoms with E-state index in [9.17, 15) is 9.18 Å². The Labute approximate surface area is 112 Å². The van der Waals surface area contributed by atoms with Gasteiger partial charge < -0.3 is 5.73 Å². The molecule has 4 nitrogen and oxygen atoms in total. The maximum Gasteiger partial charge on any atom is 0.251 e. The summed E-state index contributed by atoms with van der Waals surface area (Å²) in [4.78, 5) is 12.2. The highest BCUT2D eigenvalue weighted by Crippen LogP contribution is 2.22. The minimum absolute atomic E-state index is 0.0356. The fourth-order valence-electron chi connectivity index (χ4n) is 2.29. The fraction of sp³-hybridized carbons (Fsp3) is 0.429. The van der Waals surface area contributed by atoms with Crippen molar-refractivity contribution in [2.45, 2.75) is 26.3 Å². The number of carbonyl (C=O) groups is 1. The highest BCUT2D eigenvalue weighted by Gasteiger charge is 2.33. The summed E-state index contributed by atoms with van der Waals surface area (Å²) >= 11 is 0. The van der Waals surface area contributed by atoms with E-state index in [2.05, 4.69) is 5.10 Å². The summed E-state index contributed by atoms with van der Waals surface area (Å²) < 4.78 is 13.1. The second-order valence-electron chi connectivity index (χ2n) is 4.60. The molecular formula is C14H18FN3O. The molecule has 0 aliphatic carbocycles. The molecule has 0 saturated carbocycles. The second-order valence-corrected chi connectivity index (χ2v) is 4.60. The first-order chi connectivity index (χ1) is 9.15. The number of amides is 1. The first-order valence-electron chi connectivity index (χ1n) is 6.49. The Hall–Kier alpha value is -1.75. The van der Waals surface area contributed by atoms with E-state index in [1.165, 1.54) is 17.1 Å². The van der Waals surface area contributed by atoms with Crippen LogP contribution in [0.5, 0.6) is 0 Å². The lowest BCUT2D eigenvalue weighted by molar-refractivity contribution is -0.132. The molecule has 0 bridgehead atoms. The number of nitrogens with two attached hydrogens (primary N) is 1. The van der Waals surface area contributed by atoms with Gasteiger partial charge in [-0.1, -0.05) is 19.1 Å². The minimum Gasteiger partial charge on any atom is -0.330 e. The van der Waals surface area contributed by atoms with E-state index in [0.29, 0.717) is 19.5 Å². The van der Waals surface area contributed by atoms with Crippen molar-refractivity contribution in [3.05, 3.63) is 35.6 Å². The third-order valence-electron chi connectivity index (χ3n) is 3.24. The summed E-state index contributed by atoms with van der Waals surface area (Å²) in [5, 5.41) is 5.76. The molecule has 0 saturated heterocycles. The summed E-state index contributed by atoms with van der Waals surface area (Å²) in [5.74, 6) is -0.544. The number of halogens is 1. The zero-order chi connectivity index (χ0) is 13.8. The molecule has 0 spiro atoms. The molecule has 2 N–H and O–H groups in total. The van der Waals surface area contributed by atoms with Crippen LogP contribution < -0.4 is 5.73 Å². The highest BCUT2D eigenvalue weighted by atomic mass is 19.1. The molecule has 19 heavy (non-hydrogen) atoms. The van der Waals surface area contributed by atoms with E-state index >= 15 is 0 Å². The van der Waals surface area contributed by atoms with Crippen molar-refractivity contribution in [1.82, 2.24) is 5.01 Å². The number of nitrogens with zero attached hydrogens (tertiary/aromatic N) is 2. The Kier molecular flexibility index (Phi) is 4.27. The quantitative estimate of drug-likeness (QED) is 0.882. The smallest absolute Gasteiger partial charge is 0.251 e. The van der Waals surface area contributed by atoms with Crippen LogP contribution in [0.25, 0.3) is 0 Å². The van der Waals surface area contributed by atoms with Crippen LogP contribution in [0.2, 0.25) is 0 Å². The van der Waals surface area contributed by atoms with Crippen LogP contribution in [0.3, 0.4) is 0 Å². The van der Waals surface area contributed by atoms with Crippen molar-refractivity contribution in [1.29, 1.82) is 0 Å². The normalized spacial score (nSPS) is 18.9. The summed E-state index contributed by atoms with van der Waals surface area (Å²) in [7, 11) is 0. The monoisotopic (exact) mass is 263 g/mol. The number of carbonyl (C=O) groups excluding carboxylic acids is 1. The van der Waals surface area contributed by atoms with Crippen LogP contribution in [0.1, 0.15) is 25.3 Å².